The minimum atomic E-state index is -0.233. The summed E-state index contributed by atoms with van der Waals surface area (Å²) >= 11 is 1.52. The van der Waals surface area contributed by atoms with Gasteiger partial charge in [0.2, 0.25) is 0 Å². The van der Waals surface area contributed by atoms with Gasteiger partial charge in [-0.1, -0.05) is 42.1 Å². The van der Waals surface area contributed by atoms with Gasteiger partial charge in [-0.2, -0.15) is 0 Å². The van der Waals surface area contributed by atoms with Crippen LogP contribution in [-0.2, 0) is 5.75 Å². The van der Waals surface area contributed by atoms with E-state index in [-0.39, 0.29) is 5.82 Å². The fourth-order valence-corrected chi connectivity index (χ4v) is 3.52. The molecule has 0 amide bonds. The van der Waals surface area contributed by atoms with Crippen LogP contribution in [0.25, 0.3) is 17.1 Å². The Kier molecular flexibility index (Phi) is 4.75. The average Bonchev–Trinajstić information content (AvgIpc) is 3.12. The highest BCUT2D eigenvalue weighted by molar-refractivity contribution is 7.98. The predicted molar refractivity (Wildman–Crippen MR) is 101 cm³/mol. The first kappa shape index (κ1) is 16.5. The molecule has 0 unspecified atom stereocenters. The molecular formula is C20H15FN4S. The summed E-state index contributed by atoms with van der Waals surface area (Å²) in [5, 5.41) is 9.48. The van der Waals surface area contributed by atoms with Crippen molar-refractivity contribution in [3.05, 3.63) is 90.5 Å². The van der Waals surface area contributed by atoms with Crippen molar-refractivity contribution in [2.75, 3.05) is 0 Å². The molecule has 0 saturated carbocycles. The number of benzene rings is 2. The first-order valence-electron chi connectivity index (χ1n) is 8.10. The summed E-state index contributed by atoms with van der Waals surface area (Å²) in [6, 6.07) is 20.4. The molecule has 0 fully saturated rings. The zero-order valence-electron chi connectivity index (χ0n) is 13.8. The molecule has 6 heteroatoms. The molecule has 4 aromatic rings. The van der Waals surface area contributed by atoms with Crippen LogP contribution in [-0.4, -0.2) is 19.7 Å². The zero-order valence-corrected chi connectivity index (χ0v) is 14.6. The molecule has 0 aliphatic heterocycles. The van der Waals surface area contributed by atoms with Crippen molar-refractivity contribution in [1.82, 2.24) is 19.7 Å². The number of nitrogens with zero attached hydrogens (tertiary/aromatic N) is 4. The SMILES string of the molecule is Fc1cccc(CSc2nnc(-c3cccnc3)n2-c2ccccc2)c1. The van der Waals surface area contributed by atoms with Crippen molar-refractivity contribution in [2.45, 2.75) is 10.9 Å². The summed E-state index contributed by atoms with van der Waals surface area (Å²) in [5.41, 5.74) is 2.76. The molecule has 2 heterocycles. The molecule has 4 rings (SSSR count). The molecule has 128 valence electrons. The van der Waals surface area contributed by atoms with E-state index in [2.05, 4.69) is 15.2 Å². The van der Waals surface area contributed by atoms with Crippen molar-refractivity contribution in [3.63, 3.8) is 0 Å². The maximum atomic E-state index is 13.4. The van der Waals surface area contributed by atoms with E-state index in [0.29, 0.717) is 5.75 Å². The molecule has 2 aromatic carbocycles. The third-order valence-corrected chi connectivity index (χ3v) is 4.82. The van der Waals surface area contributed by atoms with Gasteiger partial charge in [-0.3, -0.25) is 9.55 Å². The van der Waals surface area contributed by atoms with E-state index in [9.17, 15) is 4.39 Å². The van der Waals surface area contributed by atoms with Gasteiger partial charge in [0.05, 0.1) is 0 Å². The molecule has 0 spiro atoms. The van der Waals surface area contributed by atoms with Crippen LogP contribution < -0.4 is 0 Å². The number of hydrogen-bond acceptors (Lipinski definition) is 4. The van der Waals surface area contributed by atoms with Crippen LogP contribution in [0, 0.1) is 5.82 Å². The minimum Gasteiger partial charge on any atom is -0.270 e. The fourth-order valence-electron chi connectivity index (χ4n) is 2.63. The predicted octanol–water partition coefficient (Wildman–Crippen LogP) is 4.76. The maximum Gasteiger partial charge on any atom is 0.196 e. The first-order valence-corrected chi connectivity index (χ1v) is 9.08. The smallest absolute Gasteiger partial charge is 0.196 e. The van der Waals surface area contributed by atoms with Gasteiger partial charge in [0, 0.05) is 29.4 Å². The summed E-state index contributed by atoms with van der Waals surface area (Å²) in [5.74, 6) is 1.10. The second kappa shape index (κ2) is 7.49. The third kappa shape index (κ3) is 3.50. The van der Waals surface area contributed by atoms with E-state index in [0.717, 1.165) is 27.8 Å². The quantitative estimate of drug-likeness (QED) is 0.480. The highest BCUT2D eigenvalue weighted by Gasteiger charge is 2.16. The van der Waals surface area contributed by atoms with Gasteiger partial charge in [-0.25, -0.2) is 4.39 Å². The maximum absolute atomic E-state index is 13.4. The molecule has 0 N–H and O–H groups in total. The molecule has 26 heavy (non-hydrogen) atoms. The Morgan fingerprint density at radius 3 is 2.58 bits per heavy atom. The standard InChI is InChI=1S/C20H15FN4S/c21-17-8-4-6-15(12-17)14-26-20-24-23-19(16-7-5-11-22-13-16)25(20)18-9-2-1-3-10-18/h1-13H,14H2. The lowest BCUT2D eigenvalue weighted by Gasteiger charge is -2.10. The number of para-hydroxylation sites is 1. The van der Waals surface area contributed by atoms with Crippen molar-refractivity contribution >= 4 is 11.8 Å². The van der Waals surface area contributed by atoms with Crippen molar-refractivity contribution < 1.29 is 4.39 Å². The number of thioether (sulfide) groups is 1. The van der Waals surface area contributed by atoms with Crippen LogP contribution in [0.1, 0.15) is 5.56 Å². The molecule has 4 nitrogen and oxygen atoms in total. The Labute approximate surface area is 154 Å². The van der Waals surface area contributed by atoms with Crippen molar-refractivity contribution in [1.29, 1.82) is 0 Å². The van der Waals surface area contributed by atoms with Gasteiger partial charge in [0.15, 0.2) is 11.0 Å². The highest BCUT2D eigenvalue weighted by atomic mass is 32.2. The molecule has 2 aromatic heterocycles. The minimum absolute atomic E-state index is 0.233. The van der Waals surface area contributed by atoms with Gasteiger partial charge in [0.25, 0.3) is 0 Å². The number of rotatable bonds is 5. The normalized spacial score (nSPS) is 10.8. The molecule has 0 bridgehead atoms. The van der Waals surface area contributed by atoms with E-state index in [4.69, 9.17) is 0 Å². The second-order valence-electron chi connectivity index (χ2n) is 5.64. The van der Waals surface area contributed by atoms with E-state index >= 15 is 0 Å². The van der Waals surface area contributed by atoms with Crippen LogP contribution >= 0.6 is 11.8 Å². The largest absolute Gasteiger partial charge is 0.270 e. The van der Waals surface area contributed by atoms with Crippen LogP contribution in [0.5, 0.6) is 0 Å². The Morgan fingerprint density at radius 1 is 0.923 bits per heavy atom. The summed E-state index contributed by atoms with van der Waals surface area (Å²) in [6.07, 6.45) is 3.50. The molecule has 0 radical (unpaired) electrons. The monoisotopic (exact) mass is 362 g/mol. The lowest BCUT2D eigenvalue weighted by molar-refractivity contribution is 0.626. The lowest BCUT2D eigenvalue weighted by Crippen LogP contribution is -1.99. The number of pyridine rings is 1. The van der Waals surface area contributed by atoms with Crippen LogP contribution in [0.4, 0.5) is 4.39 Å². The second-order valence-corrected chi connectivity index (χ2v) is 6.58. The first-order chi connectivity index (χ1) is 12.8. The van der Waals surface area contributed by atoms with Gasteiger partial charge < -0.3 is 0 Å². The van der Waals surface area contributed by atoms with E-state index < -0.39 is 0 Å². The Hall–Kier alpha value is -2.99. The number of hydrogen-bond donors (Lipinski definition) is 0. The Balaban J connectivity index is 1.72. The van der Waals surface area contributed by atoms with E-state index in [1.165, 1.54) is 23.9 Å². The Bertz CT molecular complexity index is 1000. The molecule has 0 atom stereocenters. The van der Waals surface area contributed by atoms with Crippen LogP contribution in [0.15, 0.2) is 84.3 Å². The highest BCUT2D eigenvalue weighted by Crippen LogP contribution is 2.29. The summed E-state index contributed by atoms with van der Waals surface area (Å²) < 4.78 is 15.4. The van der Waals surface area contributed by atoms with Crippen LogP contribution in [0.2, 0.25) is 0 Å². The lowest BCUT2D eigenvalue weighted by atomic mass is 10.2. The molecular weight excluding hydrogens is 347 g/mol. The Morgan fingerprint density at radius 2 is 1.81 bits per heavy atom. The van der Waals surface area contributed by atoms with Gasteiger partial charge in [0.1, 0.15) is 5.82 Å². The molecule has 0 aliphatic carbocycles. The van der Waals surface area contributed by atoms with Crippen molar-refractivity contribution in [2.24, 2.45) is 0 Å². The third-order valence-electron chi connectivity index (χ3n) is 3.82. The topological polar surface area (TPSA) is 43.6 Å². The summed E-state index contributed by atoms with van der Waals surface area (Å²) in [4.78, 5) is 4.18. The number of halogens is 1. The van der Waals surface area contributed by atoms with Gasteiger partial charge in [-0.05, 0) is 42.0 Å². The average molecular weight is 362 g/mol. The summed E-state index contributed by atoms with van der Waals surface area (Å²) in [6.45, 7) is 0. The number of aromatic nitrogens is 4. The summed E-state index contributed by atoms with van der Waals surface area (Å²) in [7, 11) is 0. The van der Waals surface area contributed by atoms with Gasteiger partial charge >= 0.3 is 0 Å². The van der Waals surface area contributed by atoms with E-state index in [1.807, 2.05) is 53.1 Å². The molecule has 0 aliphatic rings. The molecule has 0 saturated heterocycles. The fraction of sp³-hybridized carbons (Fsp3) is 0.0500. The van der Waals surface area contributed by atoms with Crippen LogP contribution in [0.3, 0.4) is 0 Å². The zero-order chi connectivity index (χ0) is 17.8. The van der Waals surface area contributed by atoms with Crippen molar-refractivity contribution in [3.8, 4) is 17.1 Å². The van der Waals surface area contributed by atoms with Gasteiger partial charge in [-0.15, -0.1) is 10.2 Å². The van der Waals surface area contributed by atoms with E-state index in [1.54, 1.807) is 18.5 Å².